The Hall–Kier alpha value is -1.42. The molecule has 0 atom stereocenters. The van der Waals surface area contributed by atoms with Gasteiger partial charge < -0.3 is 4.57 Å². The quantitative estimate of drug-likeness (QED) is 0.770. The van der Waals surface area contributed by atoms with E-state index in [1.807, 2.05) is 17.7 Å². The van der Waals surface area contributed by atoms with Crippen LogP contribution in [0.25, 0.3) is 11.5 Å². The van der Waals surface area contributed by atoms with Gasteiger partial charge in [-0.15, -0.1) is 0 Å². The zero-order chi connectivity index (χ0) is 11.5. The molecule has 84 valence electrons. The van der Waals surface area contributed by atoms with Gasteiger partial charge in [0.2, 0.25) is 0 Å². The summed E-state index contributed by atoms with van der Waals surface area (Å²) in [4.78, 5) is 12.6. The molecule has 2 heterocycles. The van der Waals surface area contributed by atoms with E-state index in [0.29, 0.717) is 5.15 Å². The topological polar surface area (TPSA) is 43.6 Å². The van der Waals surface area contributed by atoms with Gasteiger partial charge in [0.1, 0.15) is 17.2 Å². The third kappa shape index (κ3) is 1.80. The molecular formula is C11H13ClN4. The van der Waals surface area contributed by atoms with Crippen LogP contribution < -0.4 is 0 Å². The molecule has 0 spiro atoms. The minimum absolute atomic E-state index is 0.512. The van der Waals surface area contributed by atoms with Crippen LogP contribution in [0, 0.1) is 0 Å². The van der Waals surface area contributed by atoms with E-state index in [0.717, 1.165) is 30.0 Å². The number of rotatable bonds is 3. The Morgan fingerprint density at radius 1 is 1.25 bits per heavy atom. The maximum Gasteiger partial charge on any atom is 0.159 e. The third-order valence-electron chi connectivity index (χ3n) is 2.51. The predicted octanol–water partition coefficient (Wildman–Crippen LogP) is 2.58. The molecule has 0 saturated heterocycles. The molecule has 0 radical (unpaired) electrons. The molecule has 0 amide bonds. The highest BCUT2D eigenvalue weighted by atomic mass is 35.5. The molecule has 0 N–H and O–H groups in total. The van der Waals surface area contributed by atoms with Gasteiger partial charge in [0, 0.05) is 24.5 Å². The Morgan fingerprint density at radius 2 is 2.06 bits per heavy atom. The van der Waals surface area contributed by atoms with Crippen molar-refractivity contribution < 1.29 is 0 Å². The molecule has 0 fully saturated rings. The molecule has 0 saturated carbocycles. The van der Waals surface area contributed by atoms with E-state index >= 15 is 0 Å². The minimum atomic E-state index is 0.512. The van der Waals surface area contributed by atoms with E-state index in [-0.39, 0.29) is 0 Å². The van der Waals surface area contributed by atoms with Gasteiger partial charge in [-0.05, 0) is 13.3 Å². The van der Waals surface area contributed by atoms with Crippen molar-refractivity contribution in [1.82, 2.24) is 19.5 Å². The molecule has 0 bridgehead atoms. The van der Waals surface area contributed by atoms with Crippen LogP contribution in [0.2, 0.25) is 5.15 Å². The molecule has 0 aliphatic heterocycles. The number of hydrogen-bond donors (Lipinski definition) is 0. The normalized spacial score (nSPS) is 10.7. The van der Waals surface area contributed by atoms with Gasteiger partial charge in [0.15, 0.2) is 5.82 Å². The van der Waals surface area contributed by atoms with Crippen molar-refractivity contribution in [1.29, 1.82) is 0 Å². The van der Waals surface area contributed by atoms with Gasteiger partial charge in [0.25, 0.3) is 0 Å². The first-order valence-electron chi connectivity index (χ1n) is 5.28. The standard InChI is InChI=1S/C11H13ClN4/c1-3-8-9(14-7-15-10(8)12)11-13-5-6-16(11)4-2/h5-7H,3-4H2,1-2H3. The predicted molar refractivity (Wildman–Crippen MR) is 63.3 cm³/mol. The number of imidazole rings is 1. The molecule has 16 heavy (non-hydrogen) atoms. The largest absolute Gasteiger partial charge is 0.330 e. The molecule has 2 rings (SSSR count). The minimum Gasteiger partial charge on any atom is -0.330 e. The number of nitrogens with zero attached hydrogens (tertiary/aromatic N) is 4. The number of hydrogen-bond acceptors (Lipinski definition) is 3. The lowest BCUT2D eigenvalue weighted by Crippen LogP contribution is -2.02. The monoisotopic (exact) mass is 236 g/mol. The molecule has 4 nitrogen and oxygen atoms in total. The summed E-state index contributed by atoms with van der Waals surface area (Å²) in [6.07, 6.45) is 5.98. The summed E-state index contributed by atoms with van der Waals surface area (Å²) in [7, 11) is 0. The average Bonchev–Trinajstić information content (AvgIpc) is 2.76. The number of aryl methyl sites for hydroxylation is 1. The zero-order valence-electron chi connectivity index (χ0n) is 9.31. The fourth-order valence-electron chi connectivity index (χ4n) is 1.68. The first-order valence-corrected chi connectivity index (χ1v) is 5.66. The lowest BCUT2D eigenvalue weighted by molar-refractivity contribution is 0.765. The van der Waals surface area contributed by atoms with E-state index in [1.165, 1.54) is 6.33 Å². The van der Waals surface area contributed by atoms with E-state index in [4.69, 9.17) is 11.6 Å². The summed E-state index contributed by atoms with van der Waals surface area (Å²) in [5, 5.41) is 0.512. The molecular weight excluding hydrogens is 224 g/mol. The Balaban J connectivity index is 2.60. The van der Waals surface area contributed by atoms with Gasteiger partial charge in [0.05, 0.1) is 0 Å². The van der Waals surface area contributed by atoms with Crippen LogP contribution in [0.3, 0.4) is 0 Å². The van der Waals surface area contributed by atoms with Crippen molar-refractivity contribution in [3.8, 4) is 11.5 Å². The van der Waals surface area contributed by atoms with Crippen LogP contribution in [0.1, 0.15) is 19.4 Å². The summed E-state index contributed by atoms with van der Waals surface area (Å²) in [6, 6.07) is 0. The second kappa shape index (κ2) is 4.61. The maximum atomic E-state index is 6.05. The average molecular weight is 237 g/mol. The number of aromatic nitrogens is 4. The summed E-state index contributed by atoms with van der Waals surface area (Å²) >= 11 is 6.05. The van der Waals surface area contributed by atoms with Crippen LogP contribution in [-0.4, -0.2) is 19.5 Å². The van der Waals surface area contributed by atoms with Crippen LogP contribution in [0.5, 0.6) is 0 Å². The Morgan fingerprint density at radius 3 is 2.75 bits per heavy atom. The van der Waals surface area contributed by atoms with Crippen LogP contribution in [0.15, 0.2) is 18.7 Å². The van der Waals surface area contributed by atoms with E-state index in [1.54, 1.807) is 6.20 Å². The van der Waals surface area contributed by atoms with Crippen LogP contribution in [0.4, 0.5) is 0 Å². The van der Waals surface area contributed by atoms with Crippen molar-refractivity contribution >= 4 is 11.6 Å². The second-order valence-electron chi connectivity index (χ2n) is 3.38. The summed E-state index contributed by atoms with van der Waals surface area (Å²) in [5.74, 6) is 0.851. The van der Waals surface area contributed by atoms with Crippen molar-refractivity contribution in [2.45, 2.75) is 26.8 Å². The Kier molecular flexibility index (Phi) is 3.19. The lowest BCUT2D eigenvalue weighted by Gasteiger charge is -2.08. The molecule has 0 unspecified atom stereocenters. The first kappa shape index (κ1) is 11.1. The second-order valence-corrected chi connectivity index (χ2v) is 3.74. The SMILES string of the molecule is CCc1c(Cl)ncnc1-c1nccn1CC. The Labute approximate surface area is 99.3 Å². The Bertz CT molecular complexity index is 492. The van der Waals surface area contributed by atoms with Gasteiger partial charge in [-0.1, -0.05) is 18.5 Å². The molecule has 0 aliphatic rings. The highest BCUT2D eigenvalue weighted by Crippen LogP contribution is 2.24. The molecule has 0 aromatic carbocycles. The van der Waals surface area contributed by atoms with Gasteiger partial charge in [-0.2, -0.15) is 0 Å². The van der Waals surface area contributed by atoms with Crippen LogP contribution in [-0.2, 0) is 13.0 Å². The van der Waals surface area contributed by atoms with Crippen LogP contribution >= 0.6 is 11.6 Å². The van der Waals surface area contributed by atoms with Crippen molar-refractivity contribution in [2.24, 2.45) is 0 Å². The molecule has 0 aliphatic carbocycles. The lowest BCUT2D eigenvalue weighted by atomic mass is 10.1. The highest BCUT2D eigenvalue weighted by Gasteiger charge is 2.13. The number of halogens is 1. The zero-order valence-corrected chi connectivity index (χ0v) is 10.1. The smallest absolute Gasteiger partial charge is 0.159 e. The molecule has 5 heteroatoms. The van der Waals surface area contributed by atoms with Crippen molar-refractivity contribution in [3.05, 3.63) is 29.4 Å². The summed E-state index contributed by atoms with van der Waals surface area (Å²) in [6.45, 7) is 4.97. The van der Waals surface area contributed by atoms with E-state index in [9.17, 15) is 0 Å². The van der Waals surface area contributed by atoms with E-state index < -0.39 is 0 Å². The fraction of sp³-hybridized carbons (Fsp3) is 0.364. The maximum absolute atomic E-state index is 6.05. The molecule has 2 aromatic heterocycles. The van der Waals surface area contributed by atoms with E-state index in [2.05, 4.69) is 21.9 Å². The fourth-order valence-corrected chi connectivity index (χ4v) is 1.95. The molecule has 2 aromatic rings. The summed E-state index contributed by atoms with van der Waals surface area (Å²) in [5.41, 5.74) is 1.78. The van der Waals surface area contributed by atoms with Gasteiger partial charge in [-0.3, -0.25) is 0 Å². The van der Waals surface area contributed by atoms with Gasteiger partial charge in [-0.25, -0.2) is 15.0 Å². The van der Waals surface area contributed by atoms with Gasteiger partial charge >= 0.3 is 0 Å². The highest BCUT2D eigenvalue weighted by molar-refractivity contribution is 6.30. The van der Waals surface area contributed by atoms with Crippen molar-refractivity contribution in [3.63, 3.8) is 0 Å². The summed E-state index contributed by atoms with van der Waals surface area (Å²) < 4.78 is 2.04. The third-order valence-corrected chi connectivity index (χ3v) is 2.84. The first-order chi connectivity index (χ1) is 7.77. The van der Waals surface area contributed by atoms with Crippen molar-refractivity contribution in [2.75, 3.05) is 0 Å².